The van der Waals surface area contributed by atoms with Crippen LogP contribution in [0.3, 0.4) is 0 Å². The van der Waals surface area contributed by atoms with Crippen molar-refractivity contribution in [1.29, 1.82) is 0 Å². The van der Waals surface area contributed by atoms with E-state index < -0.39 is 5.54 Å². The summed E-state index contributed by atoms with van der Waals surface area (Å²) in [7, 11) is 0. The van der Waals surface area contributed by atoms with Crippen LogP contribution in [-0.4, -0.2) is 22.4 Å². The quantitative estimate of drug-likeness (QED) is 0.844. The van der Waals surface area contributed by atoms with Crippen molar-refractivity contribution in [3.05, 3.63) is 28.2 Å². The van der Waals surface area contributed by atoms with Gasteiger partial charge in [-0.25, -0.2) is 0 Å². The first-order valence-corrected chi connectivity index (χ1v) is 6.05. The van der Waals surface area contributed by atoms with Crippen LogP contribution in [0.1, 0.15) is 24.2 Å². The molecule has 0 spiro atoms. The maximum atomic E-state index is 11.8. The molecule has 1 aromatic rings. The van der Waals surface area contributed by atoms with E-state index in [-0.39, 0.29) is 11.7 Å². The van der Waals surface area contributed by atoms with Gasteiger partial charge >= 0.3 is 0 Å². The fourth-order valence-electron chi connectivity index (χ4n) is 1.07. The number of rotatable bonds is 3. The number of aromatic hydroxyl groups is 1. The van der Waals surface area contributed by atoms with Crippen molar-refractivity contribution in [2.24, 2.45) is 0 Å². The lowest BCUT2D eigenvalue weighted by atomic mass is 10.1. The number of phenols is 1. The van der Waals surface area contributed by atoms with Crippen molar-refractivity contribution in [2.45, 2.75) is 19.4 Å². The Bertz CT molecular complexity index is 407. The average Bonchev–Trinajstić information content (AvgIpc) is 2.21. The molecule has 0 atom stereocenters. The van der Waals surface area contributed by atoms with Crippen LogP contribution in [0, 0.1) is 0 Å². The fourth-order valence-corrected chi connectivity index (χ4v) is 1.38. The van der Waals surface area contributed by atoms with Gasteiger partial charge in [0.2, 0.25) is 0 Å². The number of hydrogen-bond donors (Lipinski definition) is 2. The largest absolute Gasteiger partial charge is 0.507 e. The molecule has 16 heavy (non-hydrogen) atoms. The molecule has 0 aliphatic rings. The highest BCUT2D eigenvalue weighted by Gasteiger charge is 2.20. The molecule has 3 nitrogen and oxygen atoms in total. The van der Waals surface area contributed by atoms with Gasteiger partial charge in [0.15, 0.2) is 0 Å². The molecule has 0 saturated carbocycles. The fraction of sp³-hybridized carbons (Fsp3) is 0.364. The highest BCUT2D eigenvalue weighted by atomic mass is 79.9. The number of hydrogen-bond acceptors (Lipinski definition) is 2. The number of amides is 1. The molecule has 0 bridgehead atoms. The number of carbonyl (C=O) groups is 1. The first-order valence-electron chi connectivity index (χ1n) is 4.73. The van der Waals surface area contributed by atoms with Crippen molar-refractivity contribution in [2.75, 3.05) is 5.88 Å². The van der Waals surface area contributed by atoms with Gasteiger partial charge in [-0.05, 0) is 48.0 Å². The topological polar surface area (TPSA) is 49.3 Å². The Kier molecular flexibility index (Phi) is 4.21. The summed E-state index contributed by atoms with van der Waals surface area (Å²) in [4.78, 5) is 11.8. The van der Waals surface area contributed by atoms with Crippen LogP contribution in [0.25, 0.3) is 0 Å². The lowest BCUT2D eigenvalue weighted by Gasteiger charge is -2.23. The summed E-state index contributed by atoms with van der Waals surface area (Å²) in [6, 6.07) is 4.66. The predicted molar refractivity (Wildman–Crippen MR) is 68.1 cm³/mol. The predicted octanol–water partition coefficient (Wildman–Crippen LogP) is 2.90. The Balaban J connectivity index is 2.85. The van der Waals surface area contributed by atoms with Crippen molar-refractivity contribution in [3.63, 3.8) is 0 Å². The van der Waals surface area contributed by atoms with Gasteiger partial charge in [-0.2, -0.15) is 0 Å². The number of nitrogens with one attached hydrogen (secondary N) is 1. The maximum Gasteiger partial charge on any atom is 0.251 e. The first kappa shape index (κ1) is 13.3. The molecule has 0 radical (unpaired) electrons. The van der Waals surface area contributed by atoms with Crippen LogP contribution in [-0.2, 0) is 0 Å². The van der Waals surface area contributed by atoms with E-state index in [0.717, 1.165) is 0 Å². The Labute approximate surface area is 108 Å². The lowest BCUT2D eigenvalue weighted by Crippen LogP contribution is -2.44. The van der Waals surface area contributed by atoms with Gasteiger partial charge in [0.25, 0.3) is 5.91 Å². The van der Waals surface area contributed by atoms with E-state index in [1.54, 1.807) is 12.1 Å². The highest BCUT2D eigenvalue weighted by Crippen LogP contribution is 2.24. The second-order valence-electron chi connectivity index (χ2n) is 4.14. The smallest absolute Gasteiger partial charge is 0.251 e. The standard InChI is InChI=1S/C11H13BrClNO2/c1-11(2,6-13)14-10(16)7-3-4-8(12)9(15)5-7/h3-5,15H,6H2,1-2H3,(H,14,16). The molecule has 88 valence electrons. The molecule has 1 rings (SSSR count). The lowest BCUT2D eigenvalue weighted by molar-refractivity contribution is 0.0920. The number of alkyl halides is 1. The van der Waals surface area contributed by atoms with Crippen molar-refractivity contribution in [1.82, 2.24) is 5.32 Å². The van der Waals surface area contributed by atoms with E-state index in [9.17, 15) is 9.90 Å². The van der Waals surface area contributed by atoms with Crippen LogP contribution in [0.5, 0.6) is 5.75 Å². The van der Waals surface area contributed by atoms with E-state index in [2.05, 4.69) is 21.2 Å². The van der Waals surface area contributed by atoms with Crippen LogP contribution in [0.2, 0.25) is 0 Å². The molecular formula is C11H13BrClNO2. The van der Waals surface area contributed by atoms with Crippen molar-refractivity contribution >= 4 is 33.4 Å². The molecule has 0 aliphatic carbocycles. The molecule has 0 heterocycles. The molecule has 2 N–H and O–H groups in total. The summed E-state index contributed by atoms with van der Waals surface area (Å²) in [6.07, 6.45) is 0. The first-order chi connectivity index (χ1) is 7.35. The minimum Gasteiger partial charge on any atom is -0.507 e. The van der Waals surface area contributed by atoms with Gasteiger partial charge in [0, 0.05) is 17.0 Å². The van der Waals surface area contributed by atoms with Gasteiger partial charge in [-0.15, -0.1) is 11.6 Å². The third-order valence-corrected chi connectivity index (χ3v) is 3.33. The number of phenolic OH excluding ortho intramolecular Hbond substituents is 1. The van der Waals surface area contributed by atoms with E-state index in [1.807, 2.05) is 13.8 Å². The zero-order valence-corrected chi connectivity index (χ0v) is 11.4. The van der Waals surface area contributed by atoms with Gasteiger partial charge < -0.3 is 10.4 Å². The molecule has 1 amide bonds. The van der Waals surface area contributed by atoms with Crippen LogP contribution in [0.4, 0.5) is 0 Å². The number of benzene rings is 1. The summed E-state index contributed by atoms with van der Waals surface area (Å²) >= 11 is 8.86. The Morgan fingerprint density at radius 1 is 1.56 bits per heavy atom. The Morgan fingerprint density at radius 2 is 2.19 bits per heavy atom. The zero-order chi connectivity index (χ0) is 12.3. The normalized spacial score (nSPS) is 11.2. The van der Waals surface area contributed by atoms with Crippen molar-refractivity contribution < 1.29 is 9.90 Å². The Morgan fingerprint density at radius 3 is 2.69 bits per heavy atom. The van der Waals surface area contributed by atoms with Crippen LogP contribution in [0.15, 0.2) is 22.7 Å². The monoisotopic (exact) mass is 305 g/mol. The molecule has 5 heteroatoms. The summed E-state index contributed by atoms with van der Waals surface area (Å²) in [6.45, 7) is 3.66. The molecule has 0 unspecified atom stereocenters. The average molecular weight is 307 g/mol. The van der Waals surface area contributed by atoms with Crippen LogP contribution >= 0.6 is 27.5 Å². The molecule has 1 aromatic carbocycles. The molecule has 0 saturated heterocycles. The summed E-state index contributed by atoms with van der Waals surface area (Å²) in [5.74, 6) is 0.103. The van der Waals surface area contributed by atoms with Crippen LogP contribution < -0.4 is 5.32 Å². The third kappa shape index (κ3) is 3.39. The number of carbonyl (C=O) groups excluding carboxylic acids is 1. The summed E-state index contributed by atoms with van der Waals surface area (Å²) < 4.78 is 0.556. The zero-order valence-electron chi connectivity index (χ0n) is 9.05. The second-order valence-corrected chi connectivity index (χ2v) is 5.26. The maximum absolute atomic E-state index is 11.8. The molecular weight excluding hydrogens is 293 g/mol. The van der Waals surface area contributed by atoms with E-state index in [1.165, 1.54) is 6.07 Å². The molecule has 0 fully saturated rings. The van der Waals surface area contributed by atoms with E-state index >= 15 is 0 Å². The van der Waals surface area contributed by atoms with Gasteiger partial charge in [0.05, 0.1) is 4.47 Å². The minimum atomic E-state index is -0.471. The third-order valence-electron chi connectivity index (χ3n) is 1.99. The molecule has 0 aliphatic heterocycles. The van der Waals surface area contributed by atoms with E-state index in [0.29, 0.717) is 15.9 Å². The van der Waals surface area contributed by atoms with E-state index in [4.69, 9.17) is 11.6 Å². The summed E-state index contributed by atoms with van der Waals surface area (Å²) in [5, 5.41) is 12.2. The second kappa shape index (κ2) is 5.06. The van der Waals surface area contributed by atoms with Gasteiger partial charge in [-0.3, -0.25) is 4.79 Å². The van der Waals surface area contributed by atoms with Crippen molar-refractivity contribution in [3.8, 4) is 5.75 Å². The molecule has 0 aromatic heterocycles. The minimum absolute atomic E-state index is 0.0383. The highest BCUT2D eigenvalue weighted by molar-refractivity contribution is 9.10. The Hall–Kier alpha value is -0.740. The van der Waals surface area contributed by atoms with Gasteiger partial charge in [-0.1, -0.05) is 0 Å². The summed E-state index contributed by atoms with van der Waals surface area (Å²) in [5.41, 5.74) is -0.0691. The SMILES string of the molecule is CC(C)(CCl)NC(=O)c1ccc(Br)c(O)c1. The van der Waals surface area contributed by atoms with Gasteiger partial charge in [0.1, 0.15) is 5.75 Å². The number of halogens is 2.